The highest BCUT2D eigenvalue weighted by Gasteiger charge is 2.22. The zero-order chi connectivity index (χ0) is 21.8. The van der Waals surface area contributed by atoms with Gasteiger partial charge in [0.1, 0.15) is 11.4 Å². The number of amides is 1. The number of benzene rings is 2. The Labute approximate surface area is 180 Å². The molecule has 1 N–H and O–H groups in total. The minimum absolute atomic E-state index is 0.146. The van der Waals surface area contributed by atoms with Crippen molar-refractivity contribution >= 4 is 5.91 Å². The van der Waals surface area contributed by atoms with Gasteiger partial charge in [0.05, 0.1) is 18.8 Å². The Balaban J connectivity index is 1.60. The van der Waals surface area contributed by atoms with Crippen LogP contribution in [0.4, 0.5) is 0 Å². The summed E-state index contributed by atoms with van der Waals surface area (Å²) in [4.78, 5) is 13.0. The van der Waals surface area contributed by atoms with Crippen molar-refractivity contribution in [3.63, 3.8) is 0 Å². The molecule has 0 aliphatic rings. The molecule has 0 saturated heterocycles. The maximum absolute atomic E-state index is 13.0. The Bertz CT molecular complexity index is 1160. The lowest BCUT2D eigenvalue weighted by Crippen LogP contribution is -2.29. The quantitative estimate of drug-likeness (QED) is 0.483. The molecule has 2 aromatic heterocycles. The van der Waals surface area contributed by atoms with Gasteiger partial charge in [-0.1, -0.05) is 47.6 Å². The van der Waals surface area contributed by atoms with Crippen molar-refractivity contribution < 1.29 is 14.1 Å². The number of ether oxygens (including phenoxy) is 1. The smallest absolute Gasteiger partial charge is 0.290 e. The SMILES string of the molecule is CCn1cc(-c2cc(C(=O)N[C@H](c3ccccc3)c3ccc(OC)cc3)on2)c(C)n1. The number of hydrogen-bond acceptors (Lipinski definition) is 5. The molecule has 0 aliphatic heterocycles. The van der Waals surface area contributed by atoms with Gasteiger partial charge in [0, 0.05) is 24.4 Å². The fourth-order valence-corrected chi connectivity index (χ4v) is 3.44. The van der Waals surface area contributed by atoms with E-state index in [0.29, 0.717) is 5.69 Å². The molecule has 0 radical (unpaired) electrons. The van der Waals surface area contributed by atoms with E-state index in [1.807, 2.05) is 79.3 Å². The topological polar surface area (TPSA) is 82.2 Å². The van der Waals surface area contributed by atoms with E-state index < -0.39 is 0 Å². The Kier molecular flexibility index (Phi) is 5.84. The number of methoxy groups -OCH3 is 1. The van der Waals surface area contributed by atoms with Crippen LogP contribution in [0.5, 0.6) is 5.75 Å². The molecule has 0 aliphatic carbocycles. The van der Waals surface area contributed by atoms with Gasteiger partial charge in [0.2, 0.25) is 5.76 Å². The van der Waals surface area contributed by atoms with Crippen molar-refractivity contribution in [3.05, 3.63) is 89.4 Å². The van der Waals surface area contributed by atoms with E-state index in [1.165, 1.54) is 0 Å². The molecule has 4 rings (SSSR count). The van der Waals surface area contributed by atoms with Gasteiger partial charge in [-0.2, -0.15) is 5.10 Å². The van der Waals surface area contributed by atoms with Crippen LogP contribution >= 0.6 is 0 Å². The van der Waals surface area contributed by atoms with Crippen molar-refractivity contribution in [1.29, 1.82) is 0 Å². The molecule has 31 heavy (non-hydrogen) atoms. The minimum atomic E-state index is -0.349. The third kappa shape index (κ3) is 4.35. The van der Waals surface area contributed by atoms with Crippen molar-refractivity contribution in [3.8, 4) is 17.0 Å². The van der Waals surface area contributed by atoms with Crippen LogP contribution in [-0.2, 0) is 6.54 Å². The first-order valence-electron chi connectivity index (χ1n) is 10.1. The first-order chi connectivity index (χ1) is 15.1. The minimum Gasteiger partial charge on any atom is -0.497 e. The third-order valence-electron chi connectivity index (χ3n) is 5.14. The van der Waals surface area contributed by atoms with E-state index in [1.54, 1.807) is 13.2 Å². The molecule has 1 amide bonds. The van der Waals surface area contributed by atoms with Crippen LogP contribution in [0.2, 0.25) is 0 Å². The van der Waals surface area contributed by atoms with E-state index >= 15 is 0 Å². The number of aromatic nitrogens is 3. The molecule has 7 heteroatoms. The number of rotatable bonds is 7. The largest absolute Gasteiger partial charge is 0.497 e. The number of nitrogens with zero attached hydrogens (tertiary/aromatic N) is 3. The predicted octanol–water partition coefficient (Wildman–Crippen LogP) is 4.39. The summed E-state index contributed by atoms with van der Waals surface area (Å²) in [6.07, 6.45) is 1.90. The Morgan fingerprint density at radius 3 is 2.48 bits per heavy atom. The highest BCUT2D eigenvalue weighted by atomic mass is 16.5. The predicted molar refractivity (Wildman–Crippen MR) is 117 cm³/mol. The normalized spacial score (nSPS) is 11.8. The lowest BCUT2D eigenvalue weighted by atomic mass is 9.98. The first-order valence-corrected chi connectivity index (χ1v) is 10.1. The number of carbonyl (C=O) groups is 1. The summed E-state index contributed by atoms with van der Waals surface area (Å²) >= 11 is 0. The van der Waals surface area contributed by atoms with Gasteiger partial charge in [-0.05, 0) is 37.1 Å². The zero-order valence-corrected chi connectivity index (χ0v) is 17.7. The van der Waals surface area contributed by atoms with E-state index in [0.717, 1.165) is 34.7 Å². The first kappa shape index (κ1) is 20.4. The van der Waals surface area contributed by atoms with Crippen LogP contribution in [0.1, 0.15) is 40.3 Å². The van der Waals surface area contributed by atoms with E-state index in [4.69, 9.17) is 9.26 Å². The average molecular weight is 416 g/mol. The van der Waals surface area contributed by atoms with Crippen molar-refractivity contribution in [2.24, 2.45) is 0 Å². The Morgan fingerprint density at radius 1 is 1.13 bits per heavy atom. The third-order valence-corrected chi connectivity index (χ3v) is 5.14. The van der Waals surface area contributed by atoms with Gasteiger partial charge in [-0.25, -0.2) is 0 Å². The standard InChI is InChI=1S/C24H24N4O3/c1-4-28-15-20(16(2)26-28)21-14-22(31-27-21)24(29)25-23(17-8-6-5-7-9-17)18-10-12-19(30-3)13-11-18/h5-15,23H,4H2,1-3H3,(H,25,29)/t23-/m1/s1. The summed E-state index contributed by atoms with van der Waals surface area (Å²) in [5.74, 6) is 0.557. The van der Waals surface area contributed by atoms with Crippen LogP contribution in [0.25, 0.3) is 11.3 Å². The van der Waals surface area contributed by atoms with Gasteiger partial charge in [0.25, 0.3) is 5.91 Å². The molecular formula is C24H24N4O3. The summed E-state index contributed by atoms with van der Waals surface area (Å²) in [6, 6.07) is 18.7. The summed E-state index contributed by atoms with van der Waals surface area (Å²) in [5.41, 5.74) is 4.16. The molecule has 7 nitrogen and oxygen atoms in total. The number of hydrogen-bond donors (Lipinski definition) is 1. The summed E-state index contributed by atoms with van der Waals surface area (Å²) in [6.45, 7) is 4.68. The van der Waals surface area contributed by atoms with Gasteiger partial charge < -0.3 is 14.6 Å². The van der Waals surface area contributed by atoms with E-state index in [9.17, 15) is 4.79 Å². The highest BCUT2D eigenvalue weighted by molar-refractivity contribution is 5.93. The number of aryl methyl sites for hydroxylation is 2. The summed E-state index contributed by atoms with van der Waals surface area (Å²) in [7, 11) is 1.62. The second-order valence-corrected chi connectivity index (χ2v) is 7.15. The highest BCUT2D eigenvalue weighted by Crippen LogP contribution is 2.26. The van der Waals surface area contributed by atoms with Crippen molar-refractivity contribution in [1.82, 2.24) is 20.3 Å². The van der Waals surface area contributed by atoms with Gasteiger partial charge in [-0.3, -0.25) is 9.48 Å². The second kappa shape index (κ2) is 8.87. The number of carbonyl (C=O) groups excluding carboxylic acids is 1. The molecular weight excluding hydrogens is 392 g/mol. The van der Waals surface area contributed by atoms with E-state index in [2.05, 4.69) is 15.6 Å². The van der Waals surface area contributed by atoms with Crippen LogP contribution in [-0.4, -0.2) is 28.0 Å². The average Bonchev–Trinajstić information content (AvgIpc) is 3.44. The Morgan fingerprint density at radius 2 is 1.84 bits per heavy atom. The maximum atomic E-state index is 13.0. The molecule has 0 spiro atoms. The van der Waals surface area contributed by atoms with Crippen molar-refractivity contribution in [2.45, 2.75) is 26.4 Å². The second-order valence-electron chi connectivity index (χ2n) is 7.15. The van der Waals surface area contributed by atoms with Crippen LogP contribution < -0.4 is 10.1 Å². The molecule has 2 heterocycles. The molecule has 158 valence electrons. The number of nitrogens with one attached hydrogen (secondary N) is 1. The zero-order valence-electron chi connectivity index (χ0n) is 17.7. The molecule has 4 aromatic rings. The summed E-state index contributed by atoms with van der Waals surface area (Å²) < 4.78 is 12.4. The fraction of sp³-hybridized carbons (Fsp3) is 0.208. The molecule has 0 bridgehead atoms. The van der Waals surface area contributed by atoms with Crippen LogP contribution in [0, 0.1) is 6.92 Å². The maximum Gasteiger partial charge on any atom is 0.290 e. The molecule has 0 unspecified atom stereocenters. The molecule has 0 saturated carbocycles. The van der Waals surface area contributed by atoms with Gasteiger partial charge >= 0.3 is 0 Å². The molecule has 1 atom stereocenters. The van der Waals surface area contributed by atoms with Gasteiger partial charge in [0.15, 0.2) is 0 Å². The lowest BCUT2D eigenvalue weighted by Gasteiger charge is -2.19. The van der Waals surface area contributed by atoms with Crippen molar-refractivity contribution in [2.75, 3.05) is 7.11 Å². The van der Waals surface area contributed by atoms with Crippen LogP contribution in [0.15, 0.2) is 71.4 Å². The lowest BCUT2D eigenvalue weighted by molar-refractivity contribution is 0.0906. The van der Waals surface area contributed by atoms with Crippen LogP contribution in [0.3, 0.4) is 0 Å². The summed E-state index contributed by atoms with van der Waals surface area (Å²) in [5, 5.41) is 11.6. The monoisotopic (exact) mass is 416 g/mol. The molecule has 0 fully saturated rings. The van der Waals surface area contributed by atoms with Gasteiger partial charge in [-0.15, -0.1) is 0 Å². The Hall–Kier alpha value is -3.87. The molecule has 2 aromatic carbocycles. The fourth-order valence-electron chi connectivity index (χ4n) is 3.44. The van der Waals surface area contributed by atoms with E-state index in [-0.39, 0.29) is 17.7 Å².